The second kappa shape index (κ2) is 47.0. The second-order valence-corrected chi connectivity index (χ2v) is 15.6. The minimum Gasteiger partial charge on any atom is -0.462 e. The summed E-state index contributed by atoms with van der Waals surface area (Å²) in [6, 6.07) is 0. The monoisotopic (exact) mass is 783 g/mol. The summed E-state index contributed by atoms with van der Waals surface area (Å²) in [6.45, 7) is 7.64. The fourth-order valence-electron chi connectivity index (χ4n) is 6.49. The van der Waals surface area contributed by atoms with Crippen molar-refractivity contribution in [1.29, 1.82) is 0 Å². The molecule has 0 aliphatic rings. The first-order chi connectivity index (χ1) is 27.6. The molecule has 0 N–H and O–H groups in total. The van der Waals surface area contributed by atoms with Gasteiger partial charge in [-0.25, -0.2) is 0 Å². The number of carbonyl (C=O) groups excluding carboxylic acids is 2. The highest BCUT2D eigenvalue weighted by Crippen LogP contribution is 2.13. The minimum absolute atomic E-state index is 0.0682. The zero-order chi connectivity index (χ0) is 40.7. The Labute approximate surface area is 347 Å². The normalized spacial score (nSPS) is 12.7. The highest BCUT2D eigenvalue weighted by Gasteiger charge is 2.17. The van der Waals surface area contributed by atoms with Crippen molar-refractivity contribution in [3.05, 3.63) is 60.8 Å². The molecule has 0 spiro atoms. The van der Waals surface area contributed by atoms with Crippen LogP contribution in [-0.4, -0.2) is 37.9 Å². The lowest BCUT2D eigenvalue weighted by Crippen LogP contribution is -2.30. The predicted molar refractivity (Wildman–Crippen MR) is 242 cm³/mol. The van der Waals surface area contributed by atoms with E-state index in [1.165, 1.54) is 116 Å². The molecule has 0 aliphatic carbocycles. The smallest absolute Gasteiger partial charge is 0.306 e. The van der Waals surface area contributed by atoms with Gasteiger partial charge in [-0.05, 0) is 83.5 Å². The van der Waals surface area contributed by atoms with E-state index < -0.39 is 6.10 Å². The van der Waals surface area contributed by atoms with E-state index in [2.05, 4.69) is 81.5 Å². The first-order valence-electron chi connectivity index (χ1n) is 23.8. The van der Waals surface area contributed by atoms with Crippen molar-refractivity contribution in [2.75, 3.05) is 19.8 Å². The van der Waals surface area contributed by atoms with Gasteiger partial charge in [0.15, 0.2) is 6.10 Å². The molecule has 1 unspecified atom stereocenters. The lowest BCUT2D eigenvalue weighted by atomic mass is 10.1. The first kappa shape index (κ1) is 53.6. The Hall–Kier alpha value is -2.40. The summed E-state index contributed by atoms with van der Waals surface area (Å²) in [5.41, 5.74) is 0. The molecular weight excluding hydrogens is 693 g/mol. The highest BCUT2D eigenvalue weighted by atomic mass is 16.6. The van der Waals surface area contributed by atoms with Crippen LogP contribution in [0.2, 0.25) is 0 Å². The van der Waals surface area contributed by atoms with E-state index >= 15 is 0 Å². The summed E-state index contributed by atoms with van der Waals surface area (Å²) in [4.78, 5) is 25.2. The lowest BCUT2D eigenvalue weighted by Gasteiger charge is -2.18. The van der Waals surface area contributed by atoms with Gasteiger partial charge >= 0.3 is 11.9 Å². The zero-order valence-electron chi connectivity index (χ0n) is 37.1. The zero-order valence-corrected chi connectivity index (χ0v) is 37.1. The Balaban J connectivity index is 4.23. The first-order valence-corrected chi connectivity index (χ1v) is 23.8. The molecule has 0 saturated carbocycles. The van der Waals surface area contributed by atoms with Crippen LogP contribution in [-0.2, 0) is 23.8 Å². The van der Waals surface area contributed by atoms with Crippen LogP contribution < -0.4 is 0 Å². The van der Waals surface area contributed by atoms with Crippen molar-refractivity contribution in [2.24, 2.45) is 0 Å². The molecule has 0 amide bonds. The Kier molecular flexibility index (Phi) is 45.0. The molecule has 0 radical (unpaired) electrons. The van der Waals surface area contributed by atoms with E-state index in [0.717, 1.165) is 77.0 Å². The van der Waals surface area contributed by atoms with E-state index in [1.54, 1.807) is 0 Å². The van der Waals surface area contributed by atoms with E-state index in [4.69, 9.17) is 14.2 Å². The molecule has 0 aromatic heterocycles. The largest absolute Gasteiger partial charge is 0.462 e. The van der Waals surface area contributed by atoms with Gasteiger partial charge in [0.05, 0.1) is 6.61 Å². The number of allylic oxidation sites excluding steroid dienone is 10. The van der Waals surface area contributed by atoms with Gasteiger partial charge in [-0.15, -0.1) is 0 Å². The average molecular weight is 783 g/mol. The van der Waals surface area contributed by atoms with Gasteiger partial charge in [0.1, 0.15) is 6.61 Å². The highest BCUT2D eigenvalue weighted by molar-refractivity contribution is 5.70. The van der Waals surface area contributed by atoms with Crippen LogP contribution in [0.4, 0.5) is 0 Å². The van der Waals surface area contributed by atoms with Gasteiger partial charge in [-0.1, -0.05) is 191 Å². The van der Waals surface area contributed by atoms with Crippen molar-refractivity contribution >= 4 is 11.9 Å². The van der Waals surface area contributed by atoms with Gasteiger partial charge < -0.3 is 14.2 Å². The molecule has 0 aromatic rings. The molecule has 0 heterocycles. The predicted octanol–water partition coefficient (Wildman–Crippen LogP) is 15.8. The lowest BCUT2D eigenvalue weighted by molar-refractivity contribution is -0.163. The number of carbonyl (C=O) groups is 2. The number of rotatable bonds is 43. The summed E-state index contributed by atoms with van der Waals surface area (Å²) in [6.07, 6.45) is 58.0. The van der Waals surface area contributed by atoms with Crippen LogP contribution in [0.1, 0.15) is 226 Å². The maximum absolute atomic E-state index is 12.7. The number of hydrogen-bond acceptors (Lipinski definition) is 5. The van der Waals surface area contributed by atoms with Crippen molar-refractivity contribution in [1.82, 2.24) is 0 Å². The Morgan fingerprint density at radius 2 is 0.804 bits per heavy atom. The number of unbranched alkanes of at least 4 members (excludes halogenated alkanes) is 22. The maximum Gasteiger partial charge on any atom is 0.306 e. The summed E-state index contributed by atoms with van der Waals surface area (Å²) >= 11 is 0. The number of ether oxygens (including phenoxy) is 3. The summed E-state index contributed by atoms with van der Waals surface area (Å²) in [5.74, 6) is -0.434. The summed E-state index contributed by atoms with van der Waals surface area (Å²) < 4.78 is 17.3. The third kappa shape index (κ3) is 44.3. The van der Waals surface area contributed by atoms with Gasteiger partial charge in [0.2, 0.25) is 0 Å². The molecule has 0 aromatic carbocycles. The molecule has 0 fully saturated rings. The Morgan fingerprint density at radius 3 is 1.34 bits per heavy atom. The molecule has 0 bridgehead atoms. The SMILES string of the molecule is CC/C=C\C/C=C\C/C=C\CCCCCC(=O)OCC(COCCCCCCCCCC/C=C\C/C=C\CCCCC)OC(=O)CCCCCCCCCCC. The molecule has 324 valence electrons. The van der Waals surface area contributed by atoms with Crippen LogP contribution in [0.3, 0.4) is 0 Å². The Morgan fingerprint density at radius 1 is 0.411 bits per heavy atom. The molecule has 5 heteroatoms. The van der Waals surface area contributed by atoms with E-state index in [-0.39, 0.29) is 25.2 Å². The van der Waals surface area contributed by atoms with Crippen LogP contribution in [0.5, 0.6) is 0 Å². The fourth-order valence-corrected chi connectivity index (χ4v) is 6.49. The molecule has 56 heavy (non-hydrogen) atoms. The van der Waals surface area contributed by atoms with Crippen LogP contribution in [0.15, 0.2) is 60.8 Å². The van der Waals surface area contributed by atoms with Crippen LogP contribution in [0, 0.1) is 0 Å². The maximum atomic E-state index is 12.7. The van der Waals surface area contributed by atoms with Crippen LogP contribution in [0.25, 0.3) is 0 Å². The van der Waals surface area contributed by atoms with Gasteiger partial charge in [0, 0.05) is 19.4 Å². The third-order valence-corrected chi connectivity index (χ3v) is 10.0. The molecule has 5 nitrogen and oxygen atoms in total. The summed E-state index contributed by atoms with van der Waals surface area (Å²) in [5, 5.41) is 0. The van der Waals surface area contributed by atoms with E-state index in [9.17, 15) is 9.59 Å². The van der Waals surface area contributed by atoms with E-state index in [1.807, 2.05) is 0 Å². The van der Waals surface area contributed by atoms with Gasteiger partial charge in [-0.3, -0.25) is 9.59 Å². The third-order valence-electron chi connectivity index (χ3n) is 10.0. The standard InChI is InChI=1S/C51H90O5/c1-4-7-10-13-16-19-21-23-24-25-26-27-29-31-34-37-40-43-46-54-47-49(56-51(53)45-42-39-36-32-18-15-12-9-6-3)48-55-50(52)44-41-38-35-33-30-28-22-20-17-14-11-8-5-2/h8,11,16-17,19-20,23-24,28,30,49H,4-7,9-10,12-15,18,21-22,25-27,29,31-48H2,1-3H3/b11-8-,19-16-,20-17-,24-23-,30-28-. The molecular formula is C51H90O5. The Bertz CT molecular complexity index is 977. The van der Waals surface area contributed by atoms with Crippen molar-refractivity contribution in [2.45, 2.75) is 232 Å². The van der Waals surface area contributed by atoms with Crippen LogP contribution >= 0.6 is 0 Å². The molecule has 0 saturated heterocycles. The topological polar surface area (TPSA) is 61.8 Å². The van der Waals surface area contributed by atoms with Gasteiger partial charge in [-0.2, -0.15) is 0 Å². The average Bonchev–Trinajstić information content (AvgIpc) is 3.20. The summed E-state index contributed by atoms with van der Waals surface area (Å²) in [7, 11) is 0. The van der Waals surface area contributed by atoms with Crippen molar-refractivity contribution < 1.29 is 23.8 Å². The molecule has 1 atom stereocenters. The van der Waals surface area contributed by atoms with Gasteiger partial charge in [0.25, 0.3) is 0 Å². The minimum atomic E-state index is -0.547. The fraction of sp³-hybridized carbons (Fsp3) is 0.765. The number of hydrogen-bond donors (Lipinski definition) is 0. The van der Waals surface area contributed by atoms with Crippen molar-refractivity contribution in [3.8, 4) is 0 Å². The number of esters is 2. The quantitative estimate of drug-likeness (QED) is 0.0350. The second-order valence-electron chi connectivity index (χ2n) is 15.6. The van der Waals surface area contributed by atoms with Crippen molar-refractivity contribution in [3.63, 3.8) is 0 Å². The molecule has 0 rings (SSSR count). The molecule has 0 aliphatic heterocycles. The van der Waals surface area contributed by atoms with E-state index in [0.29, 0.717) is 19.4 Å².